The van der Waals surface area contributed by atoms with Crippen molar-refractivity contribution >= 4 is 11.6 Å². The van der Waals surface area contributed by atoms with Crippen LogP contribution in [0.15, 0.2) is 67.3 Å². The van der Waals surface area contributed by atoms with E-state index in [0.29, 0.717) is 24.7 Å². The number of nitrogens with zero attached hydrogens (tertiary/aromatic N) is 5. The number of piperidine rings is 1. The molecule has 3 aromatic heterocycles. The maximum atomic E-state index is 14.0. The zero-order valence-electron chi connectivity index (χ0n) is 18.9. The second-order valence-corrected chi connectivity index (χ2v) is 8.07. The highest BCUT2D eigenvalue weighted by Crippen LogP contribution is 2.30. The first-order valence-corrected chi connectivity index (χ1v) is 11.4. The van der Waals surface area contributed by atoms with Crippen molar-refractivity contribution in [3.8, 4) is 28.3 Å². The van der Waals surface area contributed by atoms with Crippen molar-refractivity contribution in [3.63, 3.8) is 0 Å². The number of aryl methyl sites for hydroxylation is 1. The molecule has 0 bridgehead atoms. The topological polar surface area (TPSA) is 89.8 Å². The number of hydrogen-bond acceptors (Lipinski definition) is 7. The minimum Gasteiger partial charge on any atom is -0.487 e. The Labute approximate surface area is 197 Å². The van der Waals surface area contributed by atoms with Gasteiger partial charge in [0, 0.05) is 54.7 Å². The summed E-state index contributed by atoms with van der Waals surface area (Å²) >= 11 is 0. The predicted octanol–water partition coefficient (Wildman–Crippen LogP) is 4.24. The van der Waals surface area contributed by atoms with Crippen LogP contribution in [0.2, 0.25) is 0 Å². The minimum absolute atomic E-state index is 0.331. The van der Waals surface area contributed by atoms with Gasteiger partial charge < -0.3 is 15.4 Å². The lowest BCUT2D eigenvalue weighted by Crippen LogP contribution is -2.44. The van der Waals surface area contributed by atoms with E-state index in [1.807, 2.05) is 60.3 Å². The van der Waals surface area contributed by atoms with Crippen molar-refractivity contribution in [2.45, 2.75) is 32.2 Å². The predicted molar refractivity (Wildman–Crippen MR) is 129 cm³/mol. The third kappa shape index (κ3) is 4.89. The zero-order chi connectivity index (χ0) is 23.3. The SMILES string of the molecule is CCn1cc(-c2ccnc(Nc3ccc(OC4CCNCC4F)cc3)n2)c(-c2cccnc2)n1. The molecule has 2 N–H and O–H groups in total. The van der Waals surface area contributed by atoms with Gasteiger partial charge in [0.1, 0.15) is 23.7 Å². The molecule has 0 amide bonds. The normalized spacial score (nSPS) is 17.9. The third-order valence-corrected chi connectivity index (χ3v) is 5.70. The Morgan fingerprint density at radius 2 is 2.06 bits per heavy atom. The number of benzene rings is 1. The number of hydrogen-bond donors (Lipinski definition) is 2. The fraction of sp³-hybridized carbons (Fsp3) is 0.280. The number of nitrogens with one attached hydrogen (secondary N) is 2. The van der Waals surface area contributed by atoms with Crippen LogP contribution in [0.5, 0.6) is 5.75 Å². The molecule has 0 spiro atoms. The van der Waals surface area contributed by atoms with Crippen LogP contribution in [0.1, 0.15) is 13.3 Å². The summed E-state index contributed by atoms with van der Waals surface area (Å²) in [5, 5.41) is 11.0. The molecule has 34 heavy (non-hydrogen) atoms. The molecule has 1 aliphatic rings. The lowest BCUT2D eigenvalue weighted by molar-refractivity contribution is 0.0732. The molecule has 5 rings (SSSR count). The van der Waals surface area contributed by atoms with Gasteiger partial charge in [-0.05, 0) is 62.4 Å². The van der Waals surface area contributed by atoms with E-state index in [-0.39, 0.29) is 0 Å². The summed E-state index contributed by atoms with van der Waals surface area (Å²) in [6.45, 7) is 3.89. The Kier molecular flexibility index (Phi) is 6.44. The molecule has 174 valence electrons. The molecule has 2 unspecified atom stereocenters. The zero-order valence-corrected chi connectivity index (χ0v) is 18.9. The molecule has 1 fully saturated rings. The standard InChI is InChI=1S/C25H26FN7O/c1-2-33-16-20(24(32-33)17-4-3-11-27-14-17)22-9-13-29-25(31-22)30-18-5-7-19(8-6-18)34-23-10-12-28-15-21(23)26/h3-9,11,13-14,16,21,23,28H,2,10,12,15H2,1H3,(H,29,30,31). The highest BCUT2D eigenvalue weighted by atomic mass is 19.1. The Bertz CT molecular complexity index is 1230. The first kappa shape index (κ1) is 22.0. The van der Waals surface area contributed by atoms with E-state index in [1.165, 1.54) is 0 Å². The summed E-state index contributed by atoms with van der Waals surface area (Å²) in [6, 6.07) is 13.1. The first-order valence-electron chi connectivity index (χ1n) is 11.4. The summed E-state index contributed by atoms with van der Waals surface area (Å²) in [5.74, 6) is 1.11. The fourth-order valence-electron chi connectivity index (χ4n) is 3.91. The Hall–Kier alpha value is -3.85. The molecule has 0 radical (unpaired) electrons. The Balaban J connectivity index is 1.34. The quantitative estimate of drug-likeness (QED) is 0.427. The van der Waals surface area contributed by atoms with Crippen LogP contribution in [0.4, 0.5) is 16.0 Å². The molecular formula is C25H26FN7O. The van der Waals surface area contributed by atoms with Crippen LogP contribution >= 0.6 is 0 Å². The number of alkyl halides is 1. The Morgan fingerprint density at radius 1 is 1.18 bits per heavy atom. The maximum absolute atomic E-state index is 14.0. The van der Waals surface area contributed by atoms with Crippen LogP contribution in [0.3, 0.4) is 0 Å². The molecular weight excluding hydrogens is 433 g/mol. The van der Waals surface area contributed by atoms with E-state index in [9.17, 15) is 4.39 Å². The summed E-state index contributed by atoms with van der Waals surface area (Å²) in [5.41, 5.74) is 4.23. The summed E-state index contributed by atoms with van der Waals surface area (Å²) in [6.07, 6.45) is 6.47. The van der Waals surface area contributed by atoms with Crippen LogP contribution in [-0.4, -0.2) is 50.1 Å². The smallest absolute Gasteiger partial charge is 0.227 e. The van der Waals surface area contributed by atoms with Crippen molar-refractivity contribution in [3.05, 3.63) is 67.3 Å². The van der Waals surface area contributed by atoms with Gasteiger partial charge in [-0.1, -0.05) is 0 Å². The lowest BCUT2D eigenvalue weighted by Gasteiger charge is -2.27. The number of rotatable bonds is 7. The van der Waals surface area contributed by atoms with E-state index in [1.54, 1.807) is 18.6 Å². The average Bonchev–Trinajstić information content (AvgIpc) is 3.32. The van der Waals surface area contributed by atoms with E-state index < -0.39 is 12.3 Å². The second kappa shape index (κ2) is 9.96. The number of aromatic nitrogens is 5. The molecule has 4 heterocycles. The minimum atomic E-state index is -1.00. The monoisotopic (exact) mass is 459 g/mol. The van der Waals surface area contributed by atoms with Gasteiger partial charge in [0.15, 0.2) is 0 Å². The first-order chi connectivity index (χ1) is 16.7. The molecule has 9 heteroatoms. The summed E-state index contributed by atoms with van der Waals surface area (Å²) < 4.78 is 21.7. The molecule has 1 aliphatic heterocycles. The maximum Gasteiger partial charge on any atom is 0.227 e. The molecule has 8 nitrogen and oxygen atoms in total. The van der Waals surface area contributed by atoms with Gasteiger partial charge in [-0.2, -0.15) is 5.10 Å². The molecule has 1 aromatic carbocycles. The van der Waals surface area contributed by atoms with Crippen LogP contribution in [0.25, 0.3) is 22.5 Å². The van der Waals surface area contributed by atoms with Crippen molar-refractivity contribution in [2.75, 3.05) is 18.4 Å². The van der Waals surface area contributed by atoms with Crippen LogP contribution in [-0.2, 0) is 6.54 Å². The molecule has 0 aliphatic carbocycles. The van der Waals surface area contributed by atoms with Crippen molar-refractivity contribution in [1.29, 1.82) is 0 Å². The number of pyridine rings is 1. The number of ether oxygens (including phenoxy) is 1. The van der Waals surface area contributed by atoms with Crippen LogP contribution < -0.4 is 15.4 Å². The van der Waals surface area contributed by atoms with E-state index in [2.05, 4.69) is 20.6 Å². The number of anilines is 2. The van der Waals surface area contributed by atoms with Gasteiger partial charge >= 0.3 is 0 Å². The van der Waals surface area contributed by atoms with Gasteiger partial charge in [0.05, 0.1) is 5.69 Å². The highest BCUT2D eigenvalue weighted by molar-refractivity contribution is 5.78. The molecule has 4 aromatic rings. The molecule has 0 saturated carbocycles. The summed E-state index contributed by atoms with van der Waals surface area (Å²) in [7, 11) is 0. The average molecular weight is 460 g/mol. The number of halogens is 1. The van der Waals surface area contributed by atoms with Gasteiger partial charge in [0.2, 0.25) is 5.95 Å². The van der Waals surface area contributed by atoms with E-state index in [0.717, 1.165) is 41.3 Å². The largest absolute Gasteiger partial charge is 0.487 e. The third-order valence-electron chi connectivity index (χ3n) is 5.70. The highest BCUT2D eigenvalue weighted by Gasteiger charge is 2.26. The summed E-state index contributed by atoms with van der Waals surface area (Å²) in [4.78, 5) is 13.3. The molecule has 1 saturated heterocycles. The van der Waals surface area contributed by atoms with E-state index >= 15 is 0 Å². The van der Waals surface area contributed by atoms with E-state index in [4.69, 9.17) is 14.8 Å². The van der Waals surface area contributed by atoms with Crippen molar-refractivity contribution < 1.29 is 9.13 Å². The van der Waals surface area contributed by atoms with Crippen molar-refractivity contribution in [1.82, 2.24) is 30.0 Å². The Morgan fingerprint density at radius 3 is 2.82 bits per heavy atom. The van der Waals surface area contributed by atoms with Crippen LogP contribution in [0, 0.1) is 0 Å². The van der Waals surface area contributed by atoms with Gasteiger partial charge in [-0.3, -0.25) is 9.67 Å². The second-order valence-electron chi connectivity index (χ2n) is 8.07. The fourth-order valence-corrected chi connectivity index (χ4v) is 3.91. The van der Waals surface area contributed by atoms with Gasteiger partial charge in [0.25, 0.3) is 0 Å². The van der Waals surface area contributed by atoms with Crippen molar-refractivity contribution in [2.24, 2.45) is 0 Å². The van der Waals surface area contributed by atoms with Gasteiger partial charge in [-0.25, -0.2) is 14.4 Å². The lowest BCUT2D eigenvalue weighted by atomic mass is 10.1. The van der Waals surface area contributed by atoms with Gasteiger partial charge in [-0.15, -0.1) is 0 Å². The molecule has 2 atom stereocenters.